The second-order valence-corrected chi connectivity index (χ2v) is 9.62. The number of nitrogens with one attached hydrogen (secondary N) is 2. The molecule has 1 unspecified atom stereocenters. The van der Waals surface area contributed by atoms with Crippen LogP contribution in [-0.2, 0) is 4.74 Å². The molecule has 1 aliphatic carbocycles. The maximum Gasteiger partial charge on any atom is 0.147 e. The van der Waals surface area contributed by atoms with Gasteiger partial charge in [-0.25, -0.2) is 4.39 Å². The van der Waals surface area contributed by atoms with Crippen molar-refractivity contribution in [1.29, 1.82) is 0 Å². The molecule has 0 saturated carbocycles. The Morgan fingerprint density at radius 3 is 2.83 bits per heavy atom. The Hall–Kier alpha value is -1.21. The average molecular weight is 462 g/mol. The molecule has 4 nitrogen and oxygen atoms in total. The molecule has 0 amide bonds. The van der Waals surface area contributed by atoms with Gasteiger partial charge in [-0.05, 0) is 31.4 Å². The van der Waals surface area contributed by atoms with Gasteiger partial charge in [-0.15, -0.1) is 0 Å². The topological polar surface area (TPSA) is 36.5 Å². The number of fused-ring (bicyclic) bond motifs is 3. The summed E-state index contributed by atoms with van der Waals surface area (Å²) in [5.41, 5.74) is 1.60. The fourth-order valence-corrected chi connectivity index (χ4v) is 5.88. The number of allylic oxidation sites excluding steroid dienone is 3. The Kier molecular flexibility index (Phi) is 5.78. The van der Waals surface area contributed by atoms with Crippen LogP contribution < -0.4 is 10.6 Å². The smallest absolute Gasteiger partial charge is 0.147 e. The number of halogens is 2. The van der Waals surface area contributed by atoms with Crippen LogP contribution in [0.5, 0.6) is 0 Å². The van der Waals surface area contributed by atoms with Crippen LogP contribution in [0.15, 0.2) is 40.9 Å². The third-order valence-corrected chi connectivity index (χ3v) is 7.32. The zero-order valence-electron chi connectivity index (χ0n) is 16.6. The van der Waals surface area contributed by atoms with E-state index in [1.807, 2.05) is 6.07 Å². The maximum absolute atomic E-state index is 14.9. The molecular weight excluding hydrogens is 433 g/mol. The number of benzene rings is 1. The zero-order chi connectivity index (χ0) is 19.8. The minimum atomic E-state index is -0.194. The van der Waals surface area contributed by atoms with Crippen LogP contribution in [0.4, 0.5) is 10.1 Å². The van der Waals surface area contributed by atoms with E-state index in [1.165, 1.54) is 0 Å². The van der Waals surface area contributed by atoms with Crippen molar-refractivity contribution in [3.8, 4) is 0 Å². The fraction of sp³-hybridized carbons (Fsp3) is 0.565. The zero-order valence-corrected chi connectivity index (χ0v) is 18.2. The standard InChI is InChI=1S/C23H29BrFN3O/c24-16-12-19-22(20(25)13-16)27-21(15-4-2-1-3-5-15)18-7-6-17(29-23(18)19)14-28-10-8-26-9-11-28/h1-4,12-13,15,17-18,21,23,26-27H,5-11,14H2/t15?,17-,18+,21+,23+/m1/s1. The molecule has 2 saturated heterocycles. The summed E-state index contributed by atoms with van der Waals surface area (Å²) in [6.45, 7) is 5.23. The third kappa shape index (κ3) is 4.05. The molecule has 3 heterocycles. The number of piperazine rings is 1. The van der Waals surface area contributed by atoms with E-state index in [0.717, 1.165) is 62.0 Å². The van der Waals surface area contributed by atoms with Crippen molar-refractivity contribution >= 4 is 21.6 Å². The molecule has 0 spiro atoms. The van der Waals surface area contributed by atoms with E-state index in [-0.39, 0.29) is 24.1 Å². The maximum atomic E-state index is 14.9. The Morgan fingerprint density at radius 2 is 2.03 bits per heavy atom. The van der Waals surface area contributed by atoms with Gasteiger partial charge in [0.2, 0.25) is 0 Å². The van der Waals surface area contributed by atoms with E-state index >= 15 is 0 Å². The molecular formula is C23H29BrFN3O. The van der Waals surface area contributed by atoms with Crippen molar-refractivity contribution in [2.24, 2.45) is 11.8 Å². The molecule has 1 aromatic carbocycles. The first-order chi connectivity index (χ1) is 14.2. The van der Waals surface area contributed by atoms with Gasteiger partial charge in [-0.1, -0.05) is 40.2 Å². The number of anilines is 1. The monoisotopic (exact) mass is 461 g/mol. The van der Waals surface area contributed by atoms with E-state index in [1.54, 1.807) is 6.07 Å². The molecule has 6 heteroatoms. The number of nitrogens with zero attached hydrogens (tertiary/aromatic N) is 1. The van der Waals surface area contributed by atoms with Gasteiger partial charge in [-0.3, -0.25) is 4.90 Å². The summed E-state index contributed by atoms with van der Waals surface area (Å²) in [5.74, 6) is 0.537. The van der Waals surface area contributed by atoms with Gasteiger partial charge in [-0.2, -0.15) is 0 Å². The molecule has 156 valence electrons. The van der Waals surface area contributed by atoms with Gasteiger partial charge in [0.25, 0.3) is 0 Å². The lowest BCUT2D eigenvalue weighted by Gasteiger charge is -2.48. The Morgan fingerprint density at radius 1 is 1.17 bits per heavy atom. The van der Waals surface area contributed by atoms with Gasteiger partial charge in [0.1, 0.15) is 5.82 Å². The third-order valence-electron chi connectivity index (χ3n) is 6.86. The summed E-state index contributed by atoms with van der Waals surface area (Å²) in [6, 6.07) is 3.80. The lowest BCUT2D eigenvalue weighted by atomic mass is 9.73. The van der Waals surface area contributed by atoms with Crippen molar-refractivity contribution in [3.05, 3.63) is 52.3 Å². The minimum absolute atomic E-state index is 0.0516. The lowest BCUT2D eigenvalue weighted by molar-refractivity contribution is -0.105. The van der Waals surface area contributed by atoms with E-state index < -0.39 is 0 Å². The van der Waals surface area contributed by atoms with Crippen LogP contribution in [0.1, 0.15) is 30.9 Å². The van der Waals surface area contributed by atoms with Gasteiger partial charge >= 0.3 is 0 Å². The quantitative estimate of drug-likeness (QED) is 0.704. The molecule has 29 heavy (non-hydrogen) atoms. The van der Waals surface area contributed by atoms with Crippen molar-refractivity contribution in [3.63, 3.8) is 0 Å². The van der Waals surface area contributed by atoms with E-state index in [4.69, 9.17) is 4.74 Å². The summed E-state index contributed by atoms with van der Waals surface area (Å²) < 4.78 is 22.4. The Balaban J connectivity index is 1.42. The lowest BCUT2D eigenvalue weighted by Crippen LogP contribution is -2.51. The van der Waals surface area contributed by atoms with Crippen molar-refractivity contribution in [2.75, 3.05) is 38.0 Å². The van der Waals surface area contributed by atoms with Gasteiger partial charge < -0.3 is 15.4 Å². The molecule has 0 aromatic heterocycles. The molecule has 5 rings (SSSR count). The number of hydrogen-bond donors (Lipinski definition) is 2. The first kappa shape index (κ1) is 19.7. The Bertz CT molecular complexity index is 808. The van der Waals surface area contributed by atoms with E-state index in [0.29, 0.717) is 17.5 Å². The van der Waals surface area contributed by atoms with Crippen LogP contribution in [-0.4, -0.2) is 49.8 Å². The molecule has 2 fully saturated rings. The molecule has 3 aliphatic heterocycles. The minimum Gasteiger partial charge on any atom is -0.379 e. The summed E-state index contributed by atoms with van der Waals surface area (Å²) in [4.78, 5) is 2.50. The largest absolute Gasteiger partial charge is 0.379 e. The summed E-state index contributed by atoms with van der Waals surface area (Å²) in [6.07, 6.45) is 12.0. The van der Waals surface area contributed by atoms with Gasteiger partial charge in [0.05, 0.1) is 17.9 Å². The summed E-state index contributed by atoms with van der Waals surface area (Å²) in [7, 11) is 0. The van der Waals surface area contributed by atoms with Crippen molar-refractivity contribution in [1.82, 2.24) is 10.2 Å². The predicted molar refractivity (Wildman–Crippen MR) is 118 cm³/mol. The molecule has 4 aliphatic rings. The highest BCUT2D eigenvalue weighted by Gasteiger charge is 2.45. The van der Waals surface area contributed by atoms with E-state index in [2.05, 4.69) is 55.8 Å². The molecule has 2 N–H and O–H groups in total. The number of ether oxygens (including phenoxy) is 1. The van der Waals surface area contributed by atoms with Crippen molar-refractivity contribution < 1.29 is 9.13 Å². The molecule has 5 atom stereocenters. The average Bonchev–Trinajstić information content (AvgIpc) is 2.75. The van der Waals surface area contributed by atoms with E-state index in [9.17, 15) is 4.39 Å². The highest BCUT2D eigenvalue weighted by molar-refractivity contribution is 9.10. The van der Waals surface area contributed by atoms with Gasteiger partial charge in [0.15, 0.2) is 0 Å². The predicted octanol–water partition coefficient (Wildman–Crippen LogP) is 4.26. The fourth-order valence-electron chi connectivity index (χ4n) is 5.43. The normalized spacial score (nSPS) is 34.3. The first-order valence-corrected chi connectivity index (χ1v) is 11.7. The van der Waals surface area contributed by atoms with Crippen LogP contribution in [0.25, 0.3) is 0 Å². The van der Waals surface area contributed by atoms with Crippen LogP contribution >= 0.6 is 15.9 Å². The number of hydrogen-bond acceptors (Lipinski definition) is 4. The molecule has 1 aromatic rings. The molecule has 0 bridgehead atoms. The SMILES string of the molecule is Fc1cc(Br)cc2c1N[C@@H](C1C=CC=CC1)[C@@H]1CC[C@H](CN3CCNCC3)O[C@H]21. The highest BCUT2D eigenvalue weighted by atomic mass is 79.9. The van der Waals surface area contributed by atoms with Crippen molar-refractivity contribution in [2.45, 2.75) is 37.5 Å². The first-order valence-electron chi connectivity index (χ1n) is 10.9. The second kappa shape index (κ2) is 8.50. The number of rotatable bonds is 3. The van der Waals surface area contributed by atoms with Crippen LogP contribution in [0.2, 0.25) is 0 Å². The van der Waals surface area contributed by atoms with Crippen LogP contribution in [0, 0.1) is 17.7 Å². The summed E-state index contributed by atoms with van der Waals surface area (Å²) >= 11 is 3.49. The summed E-state index contributed by atoms with van der Waals surface area (Å²) in [5, 5.41) is 6.99. The van der Waals surface area contributed by atoms with Crippen LogP contribution in [0.3, 0.4) is 0 Å². The highest BCUT2D eigenvalue weighted by Crippen LogP contribution is 2.49. The second-order valence-electron chi connectivity index (χ2n) is 8.71. The molecule has 0 radical (unpaired) electrons. The van der Waals surface area contributed by atoms with Gasteiger partial charge in [0, 0.05) is 60.6 Å². The Labute approximate surface area is 180 Å².